The second-order valence-electron chi connectivity index (χ2n) is 2.96. The first-order valence-electron chi connectivity index (χ1n) is 4.26. The molecule has 2 N–H and O–H groups in total. The Kier molecular flexibility index (Phi) is 6.77. The third-order valence-corrected chi connectivity index (χ3v) is 2.30. The maximum absolute atomic E-state index is 9.16. The van der Waals surface area contributed by atoms with Crippen molar-refractivity contribution in [1.82, 2.24) is 4.90 Å². The summed E-state index contributed by atoms with van der Waals surface area (Å²) < 4.78 is 9.54. The van der Waals surface area contributed by atoms with E-state index < -0.39 is 8.17 Å². The van der Waals surface area contributed by atoms with Gasteiger partial charge in [-0.25, -0.2) is 0 Å². The zero-order valence-corrected chi connectivity index (χ0v) is 9.33. The van der Waals surface area contributed by atoms with Gasteiger partial charge in [0.25, 0.3) is 0 Å². The van der Waals surface area contributed by atoms with E-state index in [0.29, 0.717) is 13.2 Å². The fourth-order valence-corrected chi connectivity index (χ4v) is 1.40. The molecule has 13 heavy (non-hydrogen) atoms. The number of hydrogen-bond acceptors (Lipinski definition) is 5. The van der Waals surface area contributed by atoms with E-state index in [4.69, 9.17) is 18.8 Å². The highest BCUT2D eigenvalue weighted by Crippen LogP contribution is 2.52. The monoisotopic (exact) mass is 212 g/mol. The van der Waals surface area contributed by atoms with Gasteiger partial charge in [0.2, 0.25) is 0 Å². The van der Waals surface area contributed by atoms with Crippen molar-refractivity contribution in [3.8, 4) is 0 Å². The van der Waals surface area contributed by atoms with Gasteiger partial charge in [0, 0.05) is 6.54 Å². The van der Waals surface area contributed by atoms with Gasteiger partial charge in [-0.2, -0.15) is 18.8 Å². The van der Waals surface area contributed by atoms with Crippen LogP contribution in [0.25, 0.3) is 0 Å². The molecule has 0 heterocycles. The molecule has 0 aliphatic carbocycles. The van der Waals surface area contributed by atoms with Crippen molar-refractivity contribution in [3.63, 3.8) is 0 Å². The van der Waals surface area contributed by atoms with Gasteiger partial charge in [0.05, 0.1) is 6.61 Å². The summed E-state index contributed by atoms with van der Waals surface area (Å²) in [5, 5.41) is 0. The van der Waals surface area contributed by atoms with Crippen LogP contribution in [0.15, 0.2) is 0 Å². The summed E-state index contributed by atoms with van der Waals surface area (Å²) in [6, 6.07) is 0. The van der Waals surface area contributed by atoms with Crippen molar-refractivity contribution in [1.29, 1.82) is 0 Å². The molecule has 0 spiro atoms. The van der Waals surface area contributed by atoms with Crippen LogP contribution in [0.2, 0.25) is 0 Å². The topological polar surface area (TPSA) is 62.2 Å². The molecule has 0 saturated carbocycles. The SMILES string of the molecule is CCCO[P+](O)(O)OCCN(C)C. The minimum atomic E-state index is -3.54. The van der Waals surface area contributed by atoms with Crippen molar-refractivity contribution in [3.05, 3.63) is 0 Å². The number of hydrogen-bond donors (Lipinski definition) is 2. The minimum Gasteiger partial charge on any atom is -0.307 e. The Morgan fingerprint density at radius 1 is 1.15 bits per heavy atom. The van der Waals surface area contributed by atoms with Gasteiger partial charge in [0.15, 0.2) is 0 Å². The lowest BCUT2D eigenvalue weighted by Gasteiger charge is -2.11. The van der Waals surface area contributed by atoms with Gasteiger partial charge >= 0.3 is 8.17 Å². The standard InChI is InChI=1S/C7H19NO4P/c1-4-6-11-13(9,10)12-7-5-8(2)3/h9-10H,4-7H2,1-3H3/q+1. The highest BCUT2D eigenvalue weighted by molar-refractivity contribution is 7.54. The van der Waals surface area contributed by atoms with E-state index >= 15 is 0 Å². The van der Waals surface area contributed by atoms with Crippen LogP contribution >= 0.6 is 8.17 Å². The molecule has 0 bridgehead atoms. The van der Waals surface area contributed by atoms with E-state index in [-0.39, 0.29) is 6.61 Å². The fraction of sp³-hybridized carbons (Fsp3) is 1.00. The van der Waals surface area contributed by atoms with Gasteiger partial charge in [-0.05, 0) is 20.5 Å². The predicted octanol–water partition coefficient (Wildman–Crippen LogP) is 0.653. The largest absolute Gasteiger partial charge is 0.570 e. The van der Waals surface area contributed by atoms with Gasteiger partial charge in [-0.15, -0.1) is 0 Å². The molecule has 0 amide bonds. The molecule has 0 aromatic heterocycles. The smallest absolute Gasteiger partial charge is 0.307 e. The summed E-state index contributed by atoms with van der Waals surface area (Å²) >= 11 is 0. The molecular weight excluding hydrogens is 193 g/mol. The van der Waals surface area contributed by atoms with Crippen LogP contribution < -0.4 is 0 Å². The Labute approximate surface area is 79.9 Å². The number of likely N-dealkylation sites (N-methyl/N-ethyl adjacent to an activating group) is 1. The van der Waals surface area contributed by atoms with Crippen LogP contribution in [0.5, 0.6) is 0 Å². The van der Waals surface area contributed by atoms with E-state index in [1.54, 1.807) is 0 Å². The first-order chi connectivity index (χ1) is 5.98. The van der Waals surface area contributed by atoms with Crippen LogP contribution in [0.3, 0.4) is 0 Å². The van der Waals surface area contributed by atoms with Crippen LogP contribution in [0.4, 0.5) is 0 Å². The first-order valence-corrected chi connectivity index (χ1v) is 5.79. The molecule has 0 fully saturated rings. The Hall–Kier alpha value is 0.230. The van der Waals surface area contributed by atoms with Crippen molar-refractivity contribution in [2.45, 2.75) is 13.3 Å². The zero-order chi connectivity index (χ0) is 10.3. The van der Waals surface area contributed by atoms with E-state index in [1.165, 1.54) is 0 Å². The summed E-state index contributed by atoms with van der Waals surface area (Å²) in [5.74, 6) is 0. The van der Waals surface area contributed by atoms with Gasteiger partial charge in [-0.1, -0.05) is 6.92 Å². The molecule has 0 atom stereocenters. The summed E-state index contributed by atoms with van der Waals surface area (Å²) in [7, 11) is 0.218. The van der Waals surface area contributed by atoms with Crippen LogP contribution in [0, 0.1) is 0 Å². The van der Waals surface area contributed by atoms with Crippen molar-refractivity contribution >= 4 is 8.17 Å². The van der Waals surface area contributed by atoms with Gasteiger partial charge in [-0.3, -0.25) is 0 Å². The molecule has 0 aliphatic rings. The lowest BCUT2D eigenvalue weighted by molar-refractivity contribution is 0.109. The summed E-state index contributed by atoms with van der Waals surface area (Å²) in [6.07, 6.45) is 0.736. The normalized spacial score (nSPS) is 12.5. The predicted molar refractivity (Wildman–Crippen MR) is 52.1 cm³/mol. The van der Waals surface area contributed by atoms with Crippen molar-refractivity contribution < 1.29 is 18.8 Å². The van der Waals surface area contributed by atoms with Crippen LogP contribution in [-0.2, 0) is 9.05 Å². The van der Waals surface area contributed by atoms with Gasteiger partial charge < -0.3 is 4.90 Å². The summed E-state index contributed by atoms with van der Waals surface area (Å²) in [5.41, 5.74) is 0. The van der Waals surface area contributed by atoms with E-state index in [1.807, 2.05) is 25.9 Å². The second-order valence-corrected chi connectivity index (χ2v) is 4.46. The third-order valence-electron chi connectivity index (χ3n) is 1.26. The van der Waals surface area contributed by atoms with Crippen LogP contribution in [-0.4, -0.2) is 48.5 Å². The second kappa shape index (κ2) is 6.65. The Morgan fingerprint density at radius 2 is 1.69 bits per heavy atom. The zero-order valence-electron chi connectivity index (χ0n) is 8.43. The van der Waals surface area contributed by atoms with E-state index in [9.17, 15) is 0 Å². The van der Waals surface area contributed by atoms with Gasteiger partial charge in [0.1, 0.15) is 6.61 Å². The maximum Gasteiger partial charge on any atom is 0.570 e. The third kappa shape index (κ3) is 8.56. The summed E-state index contributed by atoms with van der Waals surface area (Å²) in [6.45, 7) is 3.10. The van der Waals surface area contributed by atoms with Crippen molar-refractivity contribution in [2.24, 2.45) is 0 Å². The van der Waals surface area contributed by atoms with E-state index in [0.717, 1.165) is 6.42 Å². The Morgan fingerprint density at radius 3 is 2.15 bits per heavy atom. The molecule has 6 heteroatoms. The molecule has 0 aliphatic heterocycles. The molecule has 0 aromatic carbocycles. The highest BCUT2D eigenvalue weighted by Gasteiger charge is 2.38. The number of nitrogens with zero attached hydrogens (tertiary/aromatic N) is 1. The van der Waals surface area contributed by atoms with Crippen LogP contribution in [0.1, 0.15) is 13.3 Å². The Bertz CT molecular complexity index is 132. The van der Waals surface area contributed by atoms with Crippen molar-refractivity contribution in [2.75, 3.05) is 33.9 Å². The molecule has 0 unspecified atom stereocenters. The van der Waals surface area contributed by atoms with E-state index in [2.05, 4.69) is 0 Å². The molecule has 0 saturated heterocycles. The lowest BCUT2D eigenvalue weighted by Crippen LogP contribution is -2.18. The summed E-state index contributed by atoms with van der Waals surface area (Å²) in [4.78, 5) is 20.2. The Balaban J connectivity index is 3.50. The average molecular weight is 212 g/mol. The lowest BCUT2D eigenvalue weighted by atomic mass is 10.5. The molecule has 0 radical (unpaired) electrons. The molecule has 5 nitrogen and oxygen atoms in total. The maximum atomic E-state index is 9.16. The fourth-order valence-electron chi connectivity index (χ4n) is 0.590. The average Bonchev–Trinajstić information content (AvgIpc) is 2.00. The highest BCUT2D eigenvalue weighted by atomic mass is 31.2. The molecule has 0 aromatic rings. The first kappa shape index (κ1) is 13.2. The molecule has 80 valence electrons. The molecular formula is C7H19NO4P+. The number of rotatable bonds is 7. The minimum absolute atomic E-state index is 0.261. The molecule has 0 rings (SSSR count). The quantitative estimate of drug-likeness (QED) is 0.607.